The van der Waals surface area contributed by atoms with E-state index in [1.165, 1.54) is 115 Å². The highest BCUT2D eigenvalue weighted by Crippen LogP contribution is 2.37. The quantitative estimate of drug-likeness (QED) is 0.0296. The van der Waals surface area contributed by atoms with Crippen LogP contribution in [0.1, 0.15) is 89.8 Å². The lowest BCUT2D eigenvalue weighted by molar-refractivity contribution is -0.340. The topological polar surface area (TPSA) is 318 Å². The van der Waals surface area contributed by atoms with Gasteiger partial charge < -0.3 is 75.8 Å². The summed E-state index contributed by atoms with van der Waals surface area (Å²) in [5.41, 5.74) is -0.0801. The molecule has 3 fully saturated rings. The standard InChI is InChI=1S/C71H68O26/c1-6-37-82-69-61(96-67(80)49-33-21-11-22-34-49)58(94-65(78)47-29-17-9-18-30-47)55(92-63(76)45-25-13-7-14-26-45)52(89-69)39-85-71-62(97-68(81)50-35-23-12-24-36-50)59(95-66(79)48-31-19-10-20-32-48)56(93-64(77)46-27-15-8-16-28-46)53(91-71)40-84-70-60(88-44(5)75)57(87-43(4)74)54(86-42(3)73)51(90-70)38-83-41(2)72/h6-36,51-62,69-71H,1,37-40H2,2-5H3/t51-,52-,53-,54-,55-,56-,57+,58+,59+,60+,61+,62+,69+,70+,71+/m1/s1. The maximum absolute atomic E-state index is 14.7. The van der Waals surface area contributed by atoms with Crippen molar-refractivity contribution in [3.63, 3.8) is 0 Å². The van der Waals surface area contributed by atoms with Crippen LogP contribution in [0, 0.1) is 0 Å². The Kier molecular flexibility index (Phi) is 25.0. The molecule has 3 aliphatic heterocycles. The number of hydrogen-bond acceptors (Lipinski definition) is 26. The molecule has 0 unspecified atom stereocenters. The smallest absolute Gasteiger partial charge is 0.338 e. The number of carbonyl (C=O) groups is 10. The fourth-order valence-corrected chi connectivity index (χ4v) is 10.6. The predicted molar refractivity (Wildman–Crippen MR) is 331 cm³/mol. The second kappa shape index (κ2) is 34.3. The first-order valence-electron chi connectivity index (χ1n) is 30.5. The van der Waals surface area contributed by atoms with Gasteiger partial charge in [0.05, 0.1) is 53.2 Å². The molecule has 97 heavy (non-hydrogen) atoms. The summed E-state index contributed by atoms with van der Waals surface area (Å²) < 4.78 is 98.8. The second-order valence-electron chi connectivity index (χ2n) is 21.9. The van der Waals surface area contributed by atoms with Crippen LogP contribution in [0.4, 0.5) is 0 Å². The molecule has 3 saturated heterocycles. The van der Waals surface area contributed by atoms with Gasteiger partial charge in [-0.05, 0) is 72.8 Å². The van der Waals surface area contributed by atoms with Crippen LogP contribution in [0.2, 0.25) is 0 Å². The van der Waals surface area contributed by atoms with Crippen molar-refractivity contribution in [1.29, 1.82) is 0 Å². The average Bonchev–Trinajstić information content (AvgIpc) is 0.783. The Labute approximate surface area is 555 Å². The number of carbonyl (C=O) groups excluding carboxylic acids is 10. The minimum Gasteiger partial charge on any atom is -0.463 e. The molecule has 26 nitrogen and oxygen atoms in total. The molecule has 6 aromatic carbocycles. The monoisotopic (exact) mass is 1340 g/mol. The molecular weight excluding hydrogens is 1270 g/mol. The van der Waals surface area contributed by atoms with Gasteiger partial charge in [-0.15, -0.1) is 6.58 Å². The van der Waals surface area contributed by atoms with Gasteiger partial charge in [-0.2, -0.15) is 0 Å². The van der Waals surface area contributed by atoms with Crippen LogP contribution in [-0.2, 0) is 95.0 Å². The summed E-state index contributed by atoms with van der Waals surface area (Å²) in [4.78, 5) is 138. The van der Waals surface area contributed by atoms with Crippen molar-refractivity contribution in [2.75, 3.05) is 26.4 Å². The molecule has 0 spiro atoms. The summed E-state index contributed by atoms with van der Waals surface area (Å²) in [6.07, 6.45) is -26.0. The van der Waals surface area contributed by atoms with Crippen LogP contribution in [0.3, 0.4) is 0 Å². The normalized spacial score (nSPS) is 25.0. The number of benzene rings is 6. The number of rotatable bonds is 26. The molecule has 6 aromatic rings. The fraction of sp³-hybridized carbons (Fsp3) is 0.324. The molecule has 0 radical (unpaired) electrons. The molecule has 0 aromatic heterocycles. The van der Waals surface area contributed by atoms with Gasteiger partial charge in [0, 0.05) is 27.7 Å². The summed E-state index contributed by atoms with van der Waals surface area (Å²) in [6.45, 7) is 5.17. The van der Waals surface area contributed by atoms with E-state index in [1.807, 2.05) is 0 Å². The first kappa shape index (κ1) is 70.8. The summed E-state index contributed by atoms with van der Waals surface area (Å²) in [6, 6.07) is 45.6. The van der Waals surface area contributed by atoms with Crippen LogP contribution in [0.25, 0.3) is 0 Å². The van der Waals surface area contributed by atoms with Crippen molar-refractivity contribution < 1.29 is 124 Å². The molecule has 0 amide bonds. The van der Waals surface area contributed by atoms with Crippen molar-refractivity contribution in [3.05, 3.63) is 228 Å². The van der Waals surface area contributed by atoms with E-state index < -0.39 is 172 Å². The Balaban J connectivity index is 1.18. The minimum atomic E-state index is -2.07. The Bertz CT molecular complexity index is 3670. The molecule has 0 aliphatic carbocycles. The third-order valence-electron chi connectivity index (χ3n) is 14.9. The zero-order chi connectivity index (χ0) is 69.0. The lowest BCUT2D eigenvalue weighted by Crippen LogP contribution is -2.66. The van der Waals surface area contributed by atoms with E-state index in [-0.39, 0.29) is 40.0 Å². The summed E-state index contributed by atoms with van der Waals surface area (Å²) in [7, 11) is 0. The number of ether oxygens (including phenoxy) is 16. The molecule has 3 aliphatic rings. The van der Waals surface area contributed by atoms with Crippen LogP contribution >= 0.6 is 0 Å². The van der Waals surface area contributed by atoms with Crippen LogP contribution in [0.15, 0.2) is 195 Å². The number of esters is 10. The van der Waals surface area contributed by atoms with Gasteiger partial charge in [0.25, 0.3) is 0 Å². The maximum Gasteiger partial charge on any atom is 0.338 e. The van der Waals surface area contributed by atoms with Crippen LogP contribution < -0.4 is 0 Å². The minimum absolute atomic E-state index is 0.000312. The lowest BCUT2D eigenvalue weighted by atomic mass is 9.96. The van der Waals surface area contributed by atoms with Crippen molar-refractivity contribution in [3.8, 4) is 0 Å². The van der Waals surface area contributed by atoms with Gasteiger partial charge in [0.15, 0.2) is 73.8 Å². The summed E-state index contributed by atoms with van der Waals surface area (Å²) in [5, 5.41) is 0. The van der Waals surface area contributed by atoms with Gasteiger partial charge in [0.1, 0.15) is 24.9 Å². The van der Waals surface area contributed by atoms with Gasteiger partial charge in [-0.25, -0.2) is 28.8 Å². The first-order valence-corrected chi connectivity index (χ1v) is 30.5. The van der Waals surface area contributed by atoms with Crippen LogP contribution in [0.5, 0.6) is 0 Å². The Hall–Kier alpha value is -10.5. The zero-order valence-corrected chi connectivity index (χ0v) is 52.7. The second-order valence-corrected chi connectivity index (χ2v) is 21.9. The Morgan fingerprint density at radius 2 is 0.526 bits per heavy atom. The van der Waals surface area contributed by atoms with E-state index in [0.29, 0.717) is 0 Å². The molecule has 0 N–H and O–H groups in total. The van der Waals surface area contributed by atoms with Crippen molar-refractivity contribution >= 4 is 59.7 Å². The highest BCUT2D eigenvalue weighted by atomic mass is 16.8. The Morgan fingerprint density at radius 3 is 0.814 bits per heavy atom. The molecule has 0 bridgehead atoms. The molecule has 26 heteroatoms. The SMILES string of the molecule is C=CCO[C@H]1O[C@H](CO[C@H]2O[C@H](CO[C@H]3O[C@H](COC(C)=O)[C@@H](OC(C)=O)[C@H](OC(C)=O)[C@@H]3OC(C)=O)[C@@H](OC(=O)c3ccccc3)[C@H](OC(=O)c3ccccc3)[C@@H]2OC(=O)c2ccccc2)[C@@H](OC(=O)c2ccccc2)[C@H](OC(=O)c2ccccc2)[C@@H]1OC(=O)c1ccccc1. The molecule has 508 valence electrons. The van der Waals surface area contributed by atoms with Gasteiger partial charge in [-0.3, -0.25) is 19.2 Å². The van der Waals surface area contributed by atoms with E-state index >= 15 is 0 Å². The lowest BCUT2D eigenvalue weighted by Gasteiger charge is -2.47. The summed E-state index contributed by atoms with van der Waals surface area (Å²) >= 11 is 0. The van der Waals surface area contributed by atoms with E-state index in [0.717, 1.165) is 27.7 Å². The first-order chi connectivity index (χ1) is 46.8. The maximum atomic E-state index is 14.7. The average molecular weight is 1340 g/mol. The van der Waals surface area contributed by atoms with Crippen molar-refractivity contribution in [2.24, 2.45) is 0 Å². The highest BCUT2D eigenvalue weighted by molar-refractivity contribution is 5.93. The molecular formula is C71H68O26. The Morgan fingerprint density at radius 1 is 0.299 bits per heavy atom. The molecule has 9 rings (SSSR count). The van der Waals surface area contributed by atoms with Gasteiger partial charge >= 0.3 is 59.7 Å². The molecule has 15 atom stereocenters. The van der Waals surface area contributed by atoms with Gasteiger partial charge in [0.2, 0.25) is 0 Å². The van der Waals surface area contributed by atoms with E-state index in [9.17, 15) is 47.9 Å². The van der Waals surface area contributed by atoms with E-state index in [4.69, 9.17) is 75.8 Å². The fourth-order valence-electron chi connectivity index (χ4n) is 10.6. The van der Waals surface area contributed by atoms with Crippen LogP contribution in [-0.4, -0.2) is 178 Å². The molecule has 0 saturated carbocycles. The summed E-state index contributed by atoms with van der Waals surface area (Å²) in [5.74, 6) is -9.81. The number of hydrogen-bond donors (Lipinski definition) is 0. The molecule has 3 heterocycles. The third kappa shape index (κ3) is 19.1. The van der Waals surface area contributed by atoms with Crippen molar-refractivity contribution in [2.45, 2.75) is 120 Å². The van der Waals surface area contributed by atoms with E-state index in [2.05, 4.69) is 6.58 Å². The predicted octanol–water partition coefficient (Wildman–Crippen LogP) is 7.11. The van der Waals surface area contributed by atoms with Gasteiger partial charge in [-0.1, -0.05) is 115 Å². The zero-order valence-electron chi connectivity index (χ0n) is 52.7. The van der Waals surface area contributed by atoms with E-state index in [1.54, 1.807) is 72.8 Å². The largest absolute Gasteiger partial charge is 0.463 e. The highest BCUT2D eigenvalue weighted by Gasteiger charge is 2.58. The third-order valence-corrected chi connectivity index (χ3v) is 14.9. The van der Waals surface area contributed by atoms with Crippen molar-refractivity contribution in [1.82, 2.24) is 0 Å².